The van der Waals surface area contributed by atoms with Crippen molar-refractivity contribution < 1.29 is 19.1 Å². The molecule has 2 heterocycles. The number of fused-ring (bicyclic) bond motifs is 1. The van der Waals surface area contributed by atoms with E-state index in [1.165, 1.54) is 0 Å². The average molecular weight is 305 g/mol. The second-order valence-electron chi connectivity index (χ2n) is 5.23. The molecule has 7 heteroatoms. The van der Waals surface area contributed by atoms with E-state index >= 15 is 0 Å². The van der Waals surface area contributed by atoms with Gasteiger partial charge < -0.3 is 19.7 Å². The number of carbonyl (C=O) groups excluding carboxylic acids is 2. The van der Waals surface area contributed by atoms with Gasteiger partial charge in [-0.1, -0.05) is 0 Å². The highest BCUT2D eigenvalue weighted by Crippen LogP contribution is 2.34. The van der Waals surface area contributed by atoms with Crippen LogP contribution in [0.3, 0.4) is 0 Å². The summed E-state index contributed by atoms with van der Waals surface area (Å²) < 4.78 is 10.8. The topological polar surface area (TPSA) is 71.1 Å². The number of nitrogens with zero attached hydrogens (tertiary/aromatic N) is 2. The van der Waals surface area contributed by atoms with Crippen LogP contribution in [-0.4, -0.2) is 63.2 Å². The van der Waals surface area contributed by atoms with Gasteiger partial charge in [-0.2, -0.15) is 0 Å². The van der Waals surface area contributed by atoms with E-state index in [0.717, 1.165) is 38.5 Å². The molecule has 2 aliphatic rings. The molecular weight excluding hydrogens is 286 g/mol. The van der Waals surface area contributed by atoms with Crippen LogP contribution in [0.25, 0.3) is 0 Å². The lowest BCUT2D eigenvalue weighted by Gasteiger charge is -2.33. The summed E-state index contributed by atoms with van der Waals surface area (Å²) in [5.41, 5.74) is 1.40. The third kappa shape index (κ3) is 3.20. The number of benzene rings is 1. The first-order chi connectivity index (χ1) is 10.8. The first kappa shape index (κ1) is 14.8. The number of anilines is 2. The van der Waals surface area contributed by atoms with E-state index in [4.69, 9.17) is 9.47 Å². The molecule has 0 bridgehead atoms. The molecule has 0 saturated carbocycles. The first-order valence-corrected chi connectivity index (χ1v) is 7.35. The summed E-state index contributed by atoms with van der Waals surface area (Å²) in [4.78, 5) is 26.7. The number of hydrogen-bond donors (Lipinski definition) is 1. The minimum atomic E-state index is -0.0446. The Hall–Kier alpha value is -2.12. The maximum absolute atomic E-state index is 12.1. The highest BCUT2D eigenvalue weighted by Gasteiger charge is 2.26. The van der Waals surface area contributed by atoms with E-state index in [1.807, 2.05) is 0 Å². The van der Waals surface area contributed by atoms with Crippen LogP contribution in [0.15, 0.2) is 18.2 Å². The number of amides is 2. The van der Waals surface area contributed by atoms with Crippen LogP contribution in [0, 0.1) is 0 Å². The molecule has 3 rings (SSSR count). The molecular formula is C15H19N3O4. The lowest BCUT2D eigenvalue weighted by atomic mass is 10.2. The van der Waals surface area contributed by atoms with Gasteiger partial charge in [-0.25, -0.2) is 0 Å². The van der Waals surface area contributed by atoms with Crippen molar-refractivity contribution in [2.24, 2.45) is 0 Å². The maximum atomic E-state index is 12.1. The minimum Gasteiger partial charge on any atom is -0.481 e. The molecule has 0 atom stereocenters. The van der Waals surface area contributed by atoms with E-state index in [0.29, 0.717) is 24.4 Å². The fourth-order valence-corrected chi connectivity index (χ4v) is 2.67. The molecule has 22 heavy (non-hydrogen) atoms. The van der Waals surface area contributed by atoms with Crippen molar-refractivity contribution in [1.29, 1.82) is 0 Å². The van der Waals surface area contributed by atoms with Gasteiger partial charge >= 0.3 is 0 Å². The Morgan fingerprint density at radius 1 is 1.23 bits per heavy atom. The molecule has 2 aliphatic heterocycles. The van der Waals surface area contributed by atoms with Crippen LogP contribution in [0.5, 0.6) is 5.75 Å². The Morgan fingerprint density at radius 2 is 2.05 bits per heavy atom. The Morgan fingerprint density at radius 3 is 2.82 bits per heavy atom. The SMILES string of the molecule is O=CNc1ccc2c(c1)OCC(=O)N2CCN1CCOCC1. The van der Waals surface area contributed by atoms with Gasteiger partial charge in [-0.3, -0.25) is 14.5 Å². The monoisotopic (exact) mass is 305 g/mol. The number of carbonyl (C=O) groups is 2. The van der Waals surface area contributed by atoms with Crippen LogP contribution in [0.4, 0.5) is 11.4 Å². The Labute approximate surface area is 128 Å². The van der Waals surface area contributed by atoms with Crippen molar-refractivity contribution in [3.8, 4) is 5.75 Å². The molecule has 0 radical (unpaired) electrons. The molecule has 118 valence electrons. The lowest BCUT2D eigenvalue weighted by Crippen LogP contribution is -2.45. The molecule has 1 aromatic carbocycles. The van der Waals surface area contributed by atoms with Gasteiger partial charge in [0.2, 0.25) is 6.41 Å². The highest BCUT2D eigenvalue weighted by atomic mass is 16.5. The van der Waals surface area contributed by atoms with Crippen LogP contribution >= 0.6 is 0 Å². The molecule has 0 unspecified atom stereocenters. The molecule has 1 aromatic rings. The van der Waals surface area contributed by atoms with E-state index < -0.39 is 0 Å². The molecule has 1 fully saturated rings. The summed E-state index contributed by atoms with van der Waals surface area (Å²) >= 11 is 0. The quantitative estimate of drug-likeness (QED) is 0.793. The van der Waals surface area contributed by atoms with Crippen LogP contribution in [0.1, 0.15) is 0 Å². The van der Waals surface area contributed by atoms with Crippen molar-refractivity contribution >= 4 is 23.7 Å². The second-order valence-corrected chi connectivity index (χ2v) is 5.23. The summed E-state index contributed by atoms with van der Waals surface area (Å²) in [6.45, 7) is 4.74. The predicted octanol–water partition coefficient (Wildman–Crippen LogP) is 0.312. The van der Waals surface area contributed by atoms with Gasteiger partial charge in [0.25, 0.3) is 5.91 Å². The molecule has 0 aromatic heterocycles. The van der Waals surface area contributed by atoms with Crippen molar-refractivity contribution in [1.82, 2.24) is 4.90 Å². The third-order valence-corrected chi connectivity index (χ3v) is 3.87. The lowest BCUT2D eigenvalue weighted by molar-refractivity contribution is -0.121. The van der Waals surface area contributed by atoms with Gasteiger partial charge in [0.05, 0.1) is 18.9 Å². The molecule has 0 spiro atoms. The summed E-state index contributed by atoms with van der Waals surface area (Å²) in [7, 11) is 0. The molecule has 2 amide bonds. The largest absolute Gasteiger partial charge is 0.481 e. The van der Waals surface area contributed by atoms with E-state index in [-0.39, 0.29) is 12.5 Å². The zero-order valence-electron chi connectivity index (χ0n) is 12.3. The molecule has 7 nitrogen and oxygen atoms in total. The zero-order valence-corrected chi connectivity index (χ0v) is 12.3. The van der Waals surface area contributed by atoms with E-state index in [2.05, 4.69) is 10.2 Å². The maximum Gasteiger partial charge on any atom is 0.265 e. The van der Waals surface area contributed by atoms with Crippen molar-refractivity contribution in [3.63, 3.8) is 0 Å². The van der Waals surface area contributed by atoms with Crippen LogP contribution in [0.2, 0.25) is 0 Å². The molecule has 1 N–H and O–H groups in total. The zero-order chi connectivity index (χ0) is 15.4. The number of rotatable bonds is 5. The number of ether oxygens (including phenoxy) is 2. The summed E-state index contributed by atoms with van der Waals surface area (Å²) in [6.07, 6.45) is 0.617. The first-order valence-electron chi connectivity index (χ1n) is 7.35. The van der Waals surface area contributed by atoms with Crippen molar-refractivity contribution in [2.75, 3.05) is 56.2 Å². The fourth-order valence-electron chi connectivity index (χ4n) is 2.67. The van der Waals surface area contributed by atoms with Gasteiger partial charge in [0.15, 0.2) is 6.61 Å². The normalized spacial score (nSPS) is 18.5. The second kappa shape index (κ2) is 6.76. The smallest absolute Gasteiger partial charge is 0.265 e. The average Bonchev–Trinajstić information content (AvgIpc) is 2.55. The summed E-state index contributed by atoms with van der Waals surface area (Å²) in [6, 6.07) is 5.30. The number of morpholine rings is 1. The van der Waals surface area contributed by atoms with E-state index in [9.17, 15) is 9.59 Å². The predicted molar refractivity (Wildman–Crippen MR) is 81.2 cm³/mol. The Bertz CT molecular complexity index is 558. The van der Waals surface area contributed by atoms with Gasteiger partial charge in [0.1, 0.15) is 5.75 Å². The number of hydrogen-bond acceptors (Lipinski definition) is 5. The van der Waals surface area contributed by atoms with Crippen molar-refractivity contribution in [2.45, 2.75) is 0 Å². The Kier molecular flexibility index (Phi) is 4.55. The standard InChI is InChI=1S/C15H19N3O4/c19-11-16-12-1-2-13-14(9-12)22-10-15(20)18(13)4-3-17-5-7-21-8-6-17/h1-2,9,11H,3-8,10H2,(H,16,19). The van der Waals surface area contributed by atoms with Gasteiger partial charge in [0, 0.05) is 37.9 Å². The van der Waals surface area contributed by atoms with Crippen molar-refractivity contribution in [3.05, 3.63) is 18.2 Å². The van der Waals surface area contributed by atoms with Crippen LogP contribution in [-0.2, 0) is 14.3 Å². The van der Waals surface area contributed by atoms with Gasteiger partial charge in [-0.15, -0.1) is 0 Å². The molecule has 0 aliphatic carbocycles. The van der Waals surface area contributed by atoms with Crippen LogP contribution < -0.4 is 15.0 Å². The number of nitrogens with one attached hydrogen (secondary N) is 1. The highest BCUT2D eigenvalue weighted by molar-refractivity contribution is 5.98. The minimum absolute atomic E-state index is 0.0284. The fraction of sp³-hybridized carbons (Fsp3) is 0.467. The molecule has 1 saturated heterocycles. The summed E-state index contributed by atoms with van der Waals surface area (Å²) in [5.74, 6) is 0.574. The third-order valence-electron chi connectivity index (χ3n) is 3.87. The summed E-state index contributed by atoms with van der Waals surface area (Å²) in [5, 5.41) is 2.58. The Balaban J connectivity index is 1.71. The van der Waals surface area contributed by atoms with Gasteiger partial charge in [-0.05, 0) is 12.1 Å². The van der Waals surface area contributed by atoms with E-state index in [1.54, 1.807) is 23.1 Å².